The van der Waals surface area contributed by atoms with Crippen LogP contribution in [0.3, 0.4) is 0 Å². The molecule has 0 saturated carbocycles. The van der Waals surface area contributed by atoms with Crippen molar-refractivity contribution in [1.29, 1.82) is 0 Å². The van der Waals surface area contributed by atoms with E-state index in [1.54, 1.807) is 64.1 Å². The quantitative estimate of drug-likeness (QED) is 0.307. The molecule has 0 bridgehead atoms. The molecular weight excluding hydrogens is 540 g/mol. The number of carbonyl (C=O) groups is 3. The molecule has 1 atom stereocenters. The van der Waals surface area contributed by atoms with Crippen LogP contribution in [0.25, 0.3) is 0 Å². The zero-order valence-corrected chi connectivity index (χ0v) is 23.3. The topological polar surface area (TPSA) is 143 Å². The molecule has 1 unspecified atom stereocenters. The van der Waals surface area contributed by atoms with Gasteiger partial charge in [0.1, 0.15) is 5.60 Å². The van der Waals surface area contributed by atoms with E-state index in [1.165, 1.54) is 42.1 Å². The SMILES string of the molecule is CC1Sc2ccc(C(=O)Nc3cccc(S(=O)(=O)Nc4ccc(NC(=O)OC(C)(C)C)cc4)c3)cc2NC1=O. The number of anilines is 4. The maximum Gasteiger partial charge on any atom is 0.412 e. The van der Waals surface area contributed by atoms with Crippen molar-refractivity contribution in [2.75, 3.05) is 20.7 Å². The highest BCUT2D eigenvalue weighted by atomic mass is 32.2. The van der Waals surface area contributed by atoms with Crippen LogP contribution in [0.5, 0.6) is 0 Å². The fourth-order valence-corrected chi connectivity index (χ4v) is 5.59. The summed E-state index contributed by atoms with van der Waals surface area (Å²) in [5.74, 6) is -0.587. The third-order valence-corrected chi connectivity index (χ3v) is 7.91. The average Bonchev–Trinajstić information content (AvgIpc) is 2.84. The number of thioether (sulfide) groups is 1. The number of hydrogen-bond donors (Lipinski definition) is 4. The number of nitrogens with one attached hydrogen (secondary N) is 4. The summed E-state index contributed by atoms with van der Waals surface area (Å²) < 4.78 is 33.7. The van der Waals surface area contributed by atoms with E-state index in [0.29, 0.717) is 16.9 Å². The van der Waals surface area contributed by atoms with Crippen molar-refractivity contribution in [3.63, 3.8) is 0 Å². The Hall–Kier alpha value is -4.03. The van der Waals surface area contributed by atoms with Crippen molar-refractivity contribution in [2.45, 2.75) is 48.3 Å². The molecule has 0 saturated heterocycles. The Morgan fingerprint density at radius 1 is 0.923 bits per heavy atom. The molecule has 10 nitrogen and oxygen atoms in total. The predicted molar refractivity (Wildman–Crippen MR) is 152 cm³/mol. The lowest BCUT2D eigenvalue weighted by molar-refractivity contribution is -0.115. The van der Waals surface area contributed by atoms with Crippen LogP contribution < -0.4 is 20.7 Å². The Morgan fingerprint density at radius 3 is 2.31 bits per heavy atom. The second kappa shape index (κ2) is 11.0. The average molecular weight is 569 g/mol. The molecule has 4 rings (SSSR count). The molecule has 4 N–H and O–H groups in total. The van der Waals surface area contributed by atoms with Crippen LogP contribution >= 0.6 is 11.8 Å². The molecule has 3 aromatic rings. The third kappa shape index (κ3) is 7.30. The Bertz CT molecular complexity index is 1530. The highest BCUT2D eigenvalue weighted by Gasteiger charge is 2.24. The molecule has 1 heterocycles. The summed E-state index contributed by atoms with van der Waals surface area (Å²) in [6.45, 7) is 7.05. The van der Waals surface area contributed by atoms with Crippen LogP contribution in [0.1, 0.15) is 38.1 Å². The van der Waals surface area contributed by atoms with Gasteiger partial charge in [0.2, 0.25) is 5.91 Å². The number of ether oxygens (including phenoxy) is 1. The van der Waals surface area contributed by atoms with Gasteiger partial charge in [-0.1, -0.05) is 6.07 Å². The number of sulfonamides is 1. The summed E-state index contributed by atoms with van der Waals surface area (Å²) in [6, 6.07) is 16.9. The smallest absolute Gasteiger partial charge is 0.412 e. The minimum Gasteiger partial charge on any atom is -0.444 e. The van der Waals surface area contributed by atoms with Crippen molar-refractivity contribution in [1.82, 2.24) is 0 Å². The molecule has 39 heavy (non-hydrogen) atoms. The van der Waals surface area contributed by atoms with Crippen LogP contribution in [0.2, 0.25) is 0 Å². The maximum absolute atomic E-state index is 13.0. The number of carbonyl (C=O) groups excluding carboxylic acids is 3. The van der Waals surface area contributed by atoms with Gasteiger partial charge in [0, 0.05) is 27.5 Å². The van der Waals surface area contributed by atoms with E-state index in [2.05, 4.69) is 20.7 Å². The molecule has 204 valence electrons. The summed E-state index contributed by atoms with van der Waals surface area (Å²) in [6.07, 6.45) is -0.622. The molecule has 12 heteroatoms. The largest absolute Gasteiger partial charge is 0.444 e. The lowest BCUT2D eigenvalue weighted by atomic mass is 10.1. The zero-order chi connectivity index (χ0) is 28.4. The second-order valence-electron chi connectivity index (χ2n) is 9.75. The normalized spacial score (nSPS) is 15.0. The predicted octanol–water partition coefficient (Wildman–Crippen LogP) is 5.52. The number of rotatable bonds is 6. The van der Waals surface area contributed by atoms with Gasteiger partial charge in [-0.05, 0) is 88.4 Å². The molecule has 0 aromatic heterocycles. The monoisotopic (exact) mass is 568 g/mol. The maximum atomic E-state index is 13.0. The lowest BCUT2D eigenvalue weighted by Crippen LogP contribution is -2.27. The number of fused-ring (bicyclic) bond motifs is 1. The molecular formula is C27H28N4O6S2. The Labute approximate surface area is 231 Å². The first-order valence-electron chi connectivity index (χ1n) is 11.9. The molecule has 0 aliphatic carbocycles. The minimum absolute atomic E-state index is 0.0562. The Kier molecular flexibility index (Phi) is 7.89. The number of benzene rings is 3. The fraction of sp³-hybridized carbons (Fsp3) is 0.222. The van der Waals surface area contributed by atoms with Gasteiger partial charge < -0.3 is 15.4 Å². The molecule has 0 radical (unpaired) electrons. The highest BCUT2D eigenvalue weighted by molar-refractivity contribution is 8.01. The molecule has 1 aliphatic rings. The Morgan fingerprint density at radius 2 is 1.62 bits per heavy atom. The van der Waals surface area contributed by atoms with Crippen molar-refractivity contribution in [3.8, 4) is 0 Å². The first-order valence-corrected chi connectivity index (χ1v) is 14.3. The minimum atomic E-state index is -3.98. The summed E-state index contributed by atoms with van der Waals surface area (Å²) >= 11 is 1.41. The summed E-state index contributed by atoms with van der Waals surface area (Å²) in [5.41, 5.74) is 1.22. The van der Waals surface area contributed by atoms with E-state index in [0.717, 1.165) is 4.90 Å². The lowest BCUT2D eigenvalue weighted by Gasteiger charge is -2.21. The molecule has 3 amide bonds. The third-order valence-electron chi connectivity index (χ3n) is 5.36. The molecule has 1 aliphatic heterocycles. The van der Waals surface area contributed by atoms with E-state index in [4.69, 9.17) is 4.74 Å². The van der Waals surface area contributed by atoms with Crippen LogP contribution in [-0.4, -0.2) is 37.2 Å². The van der Waals surface area contributed by atoms with Crippen LogP contribution in [0.15, 0.2) is 76.5 Å². The van der Waals surface area contributed by atoms with Crippen LogP contribution in [-0.2, 0) is 19.6 Å². The van der Waals surface area contributed by atoms with Crippen molar-refractivity contribution < 1.29 is 27.5 Å². The van der Waals surface area contributed by atoms with Gasteiger partial charge >= 0.3 is 6.09 Å². The number of amides is 3. The Balaban J connectivity index is 1.42. The summed E-state index contributed by atoms with van der Waals surface area (Å²) in [5, 5.41) is 7.85. The highest BCUT2D eigenvalue weighted by Crippen LogP contribution is 2.36. The standard InChI is InChI=1S/C27H28N4O6S2/c1-16-24(32)30-22-14-17(8-13-23(22)38-16)25(33)28-20-6-5-7-21(15-20)39(35,36)31-19-11-9-18(10-12-19)29-26(34)37-27(2,3)4/h5-16,31H,1-4H3,(H,28,33)(H,29,34)(H,30,32). The van der Waals surface area contributed by atoms with E-state index in [9.17, 15) is 22.8 Å². The summed E-state index contributed by atoms with van der Waals surface area (Å²) in [4.78, 5) is 37.6. The van der Waals surface area contributed by atoms with Crippen LogP contribution in [0.4, 0.5) is 27.5 Å². The van der Waals surface area contributed by atoms with Gasteiger partial charge in [-0.2, -0.15) is 0 Å². The second-order valence-corrected chi connectivity index (χ2v) is 12.8. The molecule has 0 spiro atoms. The fourth-order valence-electron chi connectivity index (χ4n) is 3.55. The van der Waals surface area contributed by atoms with Gasteiger partial charge in [-0.3, -0.25) is 19.6 Å². The van der Waals surface area contributed by atoms with Crippen molar-refractivity contribution in [2.24, 2.45) is 0 Å². The summed E-state index contributed by atoms with van der Waals surface area (Å²) in [7, 11) is -3.98. The van der Waals surface area contributed by atoms with E-state index >= 15 is 0 Å². The number of hydrogen-bond acceptors (Lipinski definition) is 7. The van der Waals surface area contributed by atoms with E-state index in [-0.39, 0.29) is 27.4 Å². The van der Waals surface area contributed by atoms with Gasteiger partial charge in [0.25, 0.3) is 15.9 Å². The molecule has 3 aromatic carbocycles. The zero-order valence-electron chi connectivity index (χ0n) is 21.7. The first-order chi connectivity index (χ1) is 18.3. The van der Waals surface area contributed by atoms with Gasteiger partial charge in [-0.25, -0.2) is 13.2 Å². The van der Waals surface area contributed by atoms with Gasteiger partial charge in [-0.15, -0.1) is 11.8 Å². The first kappa shape index (κ1) is 28.0. The van der Waals surface area contributed by atoms with Gasteiger partial charge in [0.15, 0.2) is 0 Å². The van der Waals surface area contributed by atoms with Crippen molar-refractivity contribution >= 4 is 62.4 Å². The van der Waals surface area contributed by atoms with E-state index in [1.807, 2.05) is 0 Å². The molecule has 0 fully saturated rings. The van der Waals surface area contributed by atoms with Crippen molar-refractivity contribution in [3.05, 3.63) is 72.3 Å². The van der Waals surface area contributed by atoms with Gasteiger partial charge in [0.05, 0.1) is 15.8 Å². The van der Waals surface area contributed by atoms with Crippen LogP contribution in [0, 0.1) is 0 Å². The van der Waals surface area contributed by atoms with E-state index < -0.39 is 27.6 Å².